The summed E-state index contributed by atoms with van der Waals surface area (Å²) in [6, 6.07) is 14.0. The van der Waals surface area contributed by atoms with E-state index in [4.69, 9.17) is 10.5 Å². The first kappa shape index (κ1) is 12.8. The summed E-state index contributed by atoms with van der Waals surface area (Å²) in [4.78, 5) is 1.15. The van der Waals surface area contributed by atoms with Crippen LogP contribution in [0.3, 0.4) is 0 Å². The number of nitrogen functional groups attached to an aromatic ring is 1. The molecule has 0 heterocycles. The van der Waals surface area contributed by atoms with Crippen molar-refractivity contribution in [3.63, 3.8) is 0 Å². The standard InChI is InChI=1S/C15H17NOS/c1-11-12(6-5-7-13(11)16)10-17-14-8-3-4-9-15(14)18-2/h3-9H,10,16H2,1-2H3. The van der Waals surface area contributed by atoms with Gasteiger partial charge in [0, 0.05) is 10.6 Å². The van der Waals surface area contributed by atoms with Crippen molar-refractivity contribution in [2.75, 3.05) is 12.0 Å². The normalized spacial score (nSPS) is 10.3. The van der Waals surface area contributed by atoms with E-state index < -0.39 is 0 Å². The third-order valence-corrected chi connectivity index (χ3v) is 3.72. The van der Waals surface area contributed by atoms with Gasteiger partial charge in [-0.1, -0.05) is 24.3 Å². The Balaban J connectivity index is 2.14. The molecule has 2 rings (SSSR count). The zero-order valence-corrected chi connectivity index (χ0v) is 11.5. The Morgan fingerprint density at radius 2 is 1.89 bits per heavy atom. The van der Waals surface area contributed by atoms with Crippen LogP contribution in [0.2, 0.25) is 0 Å². The van der Waals surface area contributed by atoms with E-state index in [1.54, 1.807) is 11.8 Å². The molecule has 0 fully saturated rings. The van der Waals surface area contributed by atoms with Crippen molar-refractivity contribution in [2.24, 2.45) is 0 Å². The van der Waals surface area contributed by atoms with Crippen LogP contribution in [-0.2, 0) is 6.61 Å². The number of rotatable bonds is 4. The van der Waals surface area contributed by atoms with Gasteiger partial charge in [-0.15, -0.1) is 11.8 Å². The minimum Gasteiger partial charge on any atom is -0.488 e. The van der Waals surface area contributed by atoms with Crippen molar-refractivity contribution in [1.82, 2.24) is 0 Å². The van der Waals surface area contributed by atoms with Gasteiger partial charge in [-0.25, -0.2) is 0 Å². The SMILES string of the molecule is CSc1ccccc1OCc1cccc(N)c1C. The van der Waals surface area contributed by atoms with Crippen LogP contribution in [0.4, 0.5) is 5.69 Å². The molecule has 2 aromatic carbocycles. The van der Waals surface area contributed by atoms with E-state index in [0.717, 1.165) is 27.5 Å². The monoisotopic (exact) mass is 259 g/mol. The molecule has 0 spiro atoms. The first-order chi connectivity index (χ1) is 8.72. The number of ether oxygens (including phenoxy) is 1. The zero-order valence-electron chi connectivity index (χ0n) is 10.6. The number of para-hydroxylation sites is 1. The van der Waals surface area contributed by atoms with Gasteiger partial charge in [-0.05, 0) is 42.5 Å². The largest absolute Gasteiger partial charge is 0.488 e. The van der Waals surface area contributed by atoms with Crippen LogP contribution in [0.15, 0.2) is 47.4 Å². The van der Waals surface area contributed by atoms with E-state index in [2.05, 4.69) is 6.07 Å². The van der Waals surface area contributed by atoms with Crippen LogP contribution in [0, 0.1) is 6.92 Å². The number of hydrogen-bond donors (Lipinski definition) is 1. The molecule has 2 nitrogen and oxygen atoms in total. The molecule has 0 saturated heterocycles. The van der Waals surface area contributed by atoms with Gasteiger partial charge in [-0.2, -0.15) is 0 Å². The summed E-state index contributed by atoms with van der Waals surface area (Å²) in [7, 11) is 0. The van der Waals surface area contributed by atoms with Crippen molar-refractivity contribution in [1.29, 1.82) is 0 Å². The predicted molar refractivity (Wildman–Crippen MR) is 78.1 cm³/mol. The fourth-order valence-electron chi connectivity index (χ4n) is 1.75. The molecule has 0 aliphatic carbocycles. The molecule has 0 aliphatic heterocycles. The second-order valence-electron chi connectivity index (χ2n) is 4.07. The van der Waals surface area contributed by atoms with Crippen LogP contribution < -0.4 is 10.5 Å². The van der Waals surface area contributed by atoms with E-state index in [9.17, 15) is 0 Å². The van der Waals surface area contributed by atoms with Crippen LogP contribution in [0.25, 0.3) is 0 Å². The van der Waals surface area contributed by atoms with Gasteiger partial charge in [-0.3, -0.25) is 0 Å². The summed E-state index contributed by atoms with van der Waals surface area (Å²) in [5.41, 5.74) is 8.93. The third kappa shape index (κ3) is 2.79. The molecular formula is C15H17NOS. The van der Waals surface area contributed by atoms with E-state index >= 15 is 0 Å². The molecule has 0 amide bonds. The van der Waals surface area contributed by atoms with Gasteiger partial charge in [0.05, 0.1) is 0 Å². The molecule has 0 unspecified atom stereocenters. The maximum absolute atomic E-state index is 5.89. The zero-order chi connectivity index (χ0) is 13.0. The van der Waals surface area contributed by atoms with Gasteiger partial charge in [0.15, 0.2) is 0 Å². The van der Waals surface area contributed by atoms with E-state index in [1.165, 1.54) is 0 Å². The summed E-state index contributed by atoms with van der Waals surface area (Å²) >= 11 is 1.69. The lowest BCUT2D eigenvalue weighted by Gasteiger charge is -2.12. The lowest BCUT2D eigenvalue weighted by atomic mass is 10.1. The number of hydrogen-bond acceptors (Lipinski definition) is 3. The summed E-state index contributed by atoms with van der Waals surface area (Å²) in [5.74, 6) is 0.923. The average molecular weight is 259 g/mol. The lowest BCUT2D eigenvalue weighted by Crippen LogP contribution is -2.01. The van der Waals surface area contributed by atoms with Crippen molar-refractivity contribution < 1.29 is 4.74 Å². The van der Waals surface area contributed by atoms with Crippen molar-refractivity contribution in [2.45, 2.75) is 18.4 Å². The molecule has 18 heavy (non-hydrogen) atoms. The predicted octanol–water partition coefficient (Wildman–Crippen LogP) is 3.88. The highest BCUT2D eigenvalue weighted by Gasteiger charge is 2.05. The minimum absolute atomic E-state index is 0.550. The van der Waals surface area contributed by atoms with Crippen LogP contribution in [0.1, 0.15) is 11.1 Å². The topological polar surface area (TPSA) is 35.2 Å². The summed E-state index contributed by atoms with van der Waals surface area (Å²) < 4.78 is 5.87. The smallest absolute Gasteiger partial charge is 0.133 e. The third-order valence-electron chi connectivity index (χ3n) is 2.94. The molecular weight excluding hydrogens is 242 g/mol. The van der Waals surface area contributed by atoms with Crippen LogP contribution in [-0.4, -0.2) is 6.26 Å². The molecule has 0 atom stereocenters. The van der Waals surface area contributed by atoms with Gasteiger partial charge in [0.2, 0.25) is 0 Å². The molecule has 3 heteroatoms. The molecule has 0 bridgehead atoms. The Morgan fingerprint density at radius 1 is 1.11 bits per heavy atom. The molecule has 0 radical (unpaired) electrons. The summed E-state index contributed by atoms with van der Waals surface area (Å²) in [5, 5.41) is 0. The maximum Gasteiger partial charge on any atom is 0.133 e. The van der Waals surface area contributed by atoms with Crippen LogP contribution in [0.5, 0.6) is 5.75 Å². The molecule has 94 valence electrons. The van der Waals surface area contributed by atoms with Gasteiger partial charge in [0.25, 0.3) is 0 Å². The molecule has 0 aromatic heterocycles. The fourth-order valence-corrected chi connectivity index (χ4v) is 2.30. The summed E-state index contributed by atoms with van der Waals surface area (Å²) in [6.07, 6.45) is 2.05. The molecule has 2 N–H and O–H groups in total. The van der Waals surface area contributed by atoms with Gasteiger partial charge >= 0.3 is 0 Å². The first-order valence-electron chi connectivity index (χ1n) is 5.82. The van der Waals surface area contributed by atoms with E-state index in [1.807, 2.05) is 49.6 Å². The molecule has 0 aliphatic rings. The van der Waals surface area contributed by atoms with Crippen molar-refractivity contribution >= 4 is 17.4 Å². The summed E-state index contributed by atoms with van der Waals surface area (Å²) in [6.45, 7) is 2.57. The van der Waals surface area contributed by atoms with Gasteiger partial charge < -0.3 is 10.5 Å². The highest BCUT2D eigenvalue weighted by Crippen LogP contribution is 2.28. The quantitative estimate of drug-likeness (QED) is 0.668. The average Bonchev–Trinajstić information content (AvgIpc) is 2.41. The first-order valence-corrected chi connectivity index (χ1v) is 7.04. The maximum atomic E-state index is 5.89. The Bertz CT molecular complexity index is 540. The number of anilines is 1. The second-order valence-corrected chi connectivity index (χ2v) is 4.92. The second kappa shape index (κ2) is 5.83. The fraction of sp³-hybridized carbons (Fsp3) is 0.200. The van der Waals surface area contributed by atoms with Crippen LogP contribution >= 0.6 is 11.8 Å². The lowest BCUT2D eigenvalue weighted by molar-refractivity contribution is 0.298. The number of benzene rings is 2. The Labute approximate surface area is 112 Å². The number of nitrogens with two attached hydrogens (primary N) is 1. The minimum atomic E-state index is 0.550. The van der Waals surface area contributed by atoms with E-state index in [0.29, 0.717) is 6.61 Å². The van der Waals surface area contributed by atoms with Crippen molar-refractivity contribution in [3.05, 3.63) is 53.6 Å². The highest BCUT2D eigenvalue weighted by molar-refractivity contribution is 7.98. The highest BCUT2D eigenvalue weighted by atomic mass is 32.2. The van der Waals surface area contributed by atoms with Crippen molar-refractivity contribution in [3.8, 4) is 5.75 Å². The Morgan fingerprint density at radius 3 is 2.67 bits per heavy atom. The molecule has 2 aromatic rings. The van der Waals surface area contributed by atoms with E-state index in [-0.39, 0.29) is 0 Å². The Hall–Kier alpha value is -1.61. The molecule has 0 saturated carbocycles. The van der Waals surface area contributed by atoms with Gasteiger partial charge in [0.1, 0.15) is 12.4 Å². The number of thioether (sulfide) groups is 1. The Kier molecular flexibility index (Phi) is 4.15.